The molecule has 2 atom stereocenters. The summed E-state index contributed by atoms with van der Waals surface area (Å²) in [6, 6.07) is 10.2. The first-order valence-corrected chi connectivity index (χ1v) is 7.09. The summed E-state index contributed by atoms with van der Waals surface area (Å²) in [6.45, 7) is 0. The van der Waals surface area contributed by atoms with Gasteiger partial charge in [0.2, 0.25) is 5.90 Å². The van der Waals surface area contributed by atoms with Crippen LogP contribution >= 0.6 is 0 Å². The number of rotatable bonds is 4. The molecule has 0 unspecified atom stereocenters. The number of benzene rings is 1. The summed E-state index contributed by atoms with van der Waals surface area (Å²) in [5.41, 5.74) is 1.54. The third-order valence-electron chi connectivity index (χ3n) is 3.57. The second-order valence-corrected chi connectivity index (χ2v) is 4.96. The molecular formula is C17H16N2O4. The Balaban J connectivity index is 1.91. The van der Waals surface area contributed by atoms with E-state index in [1.807, 2.05) is 30.3 Å². The number of methoxy groups -OCH3 is 2. The number of hydrogen-bond donors (Lipinski definition) is 0. The second kappa shape index (κ2) is 6.48. The highest BCUT2D eigenvalue weighted by atomic mass is 16.5. The number of aliphatic imine (C=N–C) groups is 1. The van der Waals surface area contributed by atoms with Gasteiger partial charge in [0.1, 0.15) is 5.75 Å². The number of ether oxygens (including phenoxy) is 3. The zero-order chi connectivity index (χ0) is 16.2. The van der Waals surface area contributed by atoms with Crippen molar-refractivity contribution in [3.8, 4) is 5.75 Å². The molecule has 6 heteroatoms. The Labute approximate surface area is 133 Å². The van der Waals surface area contributed by atoms with Crippen LogP contribution < -0.4 is 4.74 Å². The molecule has 0 saturated carbocycles. The van der Waals surface area contributed by atoms with E-state index < -0.39 is 18.1 Å². The highest BCUT2D eigenvalue weighted by molar-refractivity contribution is 5.98. The number of carbonyl (C=O) groups excluding carboxylic acids is 1. The molecule has 0 saturated heterocycles. The minimum absolute atomic E-state index is 0.400. The monoisotopic (exact) mass is 312 g/mol. The van der Waals surface area contributed by atoms with Gasteiger partial charge in [0.15, 0.2) is 12.1 Å². The van der Waals surface area contributed by atoms with Gasteiger partial charge in [-0.3, -0.25) is 4.98 Å². The van der Waals surface area contributed by atoms with Gasteiger partial charge in [0.25, 0.3) is 0 Å². The first-order valence-electron chi connectivity index (χ1n) is 7.09. The van der Waals surface area contributed by atoms with Crippen LogP contribution in [-0.4, -0.2) is 37.1 Å². The predicted molar refractivity (Wildman–Crippen MR) is 83.4 cm³/mol. The van der Waals surface area contributed by atoms with Crippen molar-refractivity contribution in [1.29, 1.82) is 0 Å². The first kappa shape index (κ1) is 15.0. The Morgan fingerprint density at radius 1 is 1.17 bits per heavy atom. The van der Waals surface area contributed by atoms with Crippen LogP contribution in [0.3, 0.4) is 0 Å². The molecule has 1 aliphatic heterocycles. The first-order chi connectivity index (χ1) is 11.2. The van der Waals surface area contributed by atoms with Crippen molar-refractivity contribution in [3.63, 3.8) is 0 Å². The van der Waals surface area contributed by atoms with Gasteiger partial charge in [-0.1, -0.05) is 6.07 Å². The van der Waals surface area contributed by atoms with E-state index in [0.717, 1.165) is 16.9 Å². The molecule has 6 nitrogen and oxygen atoms in total. The molecule has 3 rings (SSSR count). The zero-order valence-electron chi connectivity index (χ0n) is 12.8. The highest BCUT2D eigenvalue weighted by Gasteiger charge is 2.39. The fraction of sp³-hybridized carbons (Fsp3) is 0.235. The van der Waals surface area contributed by atoms with E-state index in [0.29, 0.717) is 5.90 Å². The van der Waals surface area contributed by atoms with E-state index in [9.17, 15) is 4.79 Å². The molecule has 1 aliphatic rings. The van der Waals surface area contributed by atoms with Crippen LogP contribution in [0.5, 0.6) is 5.75 Å². The summed E-state index contributed by atoms with van der Waals surface area (Å²) >= 11 is 0. The Hall–Kier alpha value is -2.89. The van der Waals surface area contributed by atoms with Crippen LogP contribution in [0.4, 0.5) is 0 Å². The van der Waals surface area contributed by atoms with Gasteiger partial charge in [-0.05, 0) is 30.3 Å². The van der Waals surface area contributed by atoms with Crippen molar-refractivity contribution in [2.45, 2.75) is 12.1 Å². The minimum atomic E-state index is -0.749. The normalized spacial score (nSPS) is 19.7. The average Bonchev–Trinajstić information content (AvgIpc) is 3.07. The highest BCUT2D eigenvalue weighted by Crippen LogP contribution is 2.31. The molecule has 0 spiro atoms. The van der Waals surface area contributed by atoms with Crippen molar-refractivity contribution >= 4 is 11.9 Å². The Bertz CT molecular complexity index is 713. The number of pyridine rings is 1. The van der Waals surface area contributed by atoms with Gasteiger partial charge in [0, 0.05) is 23.5 Å². The quantitative estimate of drug-likeness (QED) is 0.809. The molecule has 0 amide bonds. The SMILES string of the molecule is COC(=O)[C@H]1N=C(c2ccc(OC)cc2)O[C@@H]1c1cccnc1. The molecule has 1 aromatic heterocycles. The van der Waals surface area contributed by atoms with Gasteiger partial charge in [-0.15, -0.1) is 0 Å². The zero-order valence-corrected chi connectivity index (χ0v) is 12.8. The third-order valence-corrected chi connectivity index (χ3v) is 3.57. The van der Waals surface area contributed by atoms with Crippen LogP contribution in [-0.2, 0) is 14.3 Å². The fourth-order valence-electron chi connectivity index (χ4n) is 2.38. The number of carbonyl (C=O) groups is 1. The lowest BCUT2D eigenvalue weighted by molar-refractivity contribution is -0.143. The summed E-state index contributed by atoms with van der Waals surface area (Å²) in [5.74, 6) is 0.694. The molecule has 0 bridgehead atoms. The second-order valence-electron chi connectivity index (χ2n) is 4.96. The maximum Gasteiger partial charge on any atom is 0.335 e. The van der Waals surface area contributed by atoms with Gasteiger partial charge < -0.3 is 14.2 Å². The predicted octanol–water partition coefficient (Wildman–Crippen LogP) is 2.15. The van der Waals surface area contributed by atoms with E-state index in [4.69, 9.17) is 14.2 Å². The molecule has 0 fully saturated rings. The van der Waals surface area contributed by atoms with Crippen LogP contribution in [0.15, 0.2) is 53.8 Å². The molecule has 118 valence electrons. The lowest BCUT2D eigenvalue weighted by atomic mass is 10.1. The fourth-order valence-corrected chi connectivity index (χ4v) is 2.38. The third kappa shape index (κ3) is 3.01. The van der Waals surface area contributed by atoms with Crippen LogP contribution in [0.2, 0.25) is 0 Å². The number of hydrogen-bond acceptors (Lipinski definition) is 6. The Kier molecular flexibility index (Phi) is 4.23. The van der Waals surface area contributed by atoms with Crippen LogP contribution in [0.25, 0.3) is 0 Å². The van der Waals surface area contributed by atoms with Gasteiger partial charge in [-0.2, -0.15) is 0 Å². The topological polar surface area (TPSA) is 70.0 Å². The van der Waals surface area contributed by atoms with Gasteiger partial charge >= 0.3 is 5.97 Å². The van der Waals surface area contributed by atoms with E-state index >= 15 is 0 Å². The van der Waals surface area contributed by atoms with Crippen LogP contribution in [0.1, 0.15) is 17.2 Å². The Morgan fingerprint density at radius 2 is 1.96 bits per heavy atom. The Morgan fingerprint density at radius 3 is 2.57 bits per heavy atom. The van der Waals surface area contributed by atoms with E-state index in [2.05, 4.69) is 9.98 Å². The molecular weight excluding hydrogens is 296 g/mol. The summed E-state index contributed by atoms with van der Waals surface area (Å²) in [7, 11) is 2.94. The van der Waals surface area contributed by atoms with Crippen molar-refractivity contribution in [2.24, 2.45) is 4.99 Å². The lowest BCUT2D eigenvalue weighted by Crippen LogP contribution is -2.25. The van der Waals surface area contributed by atoms with E-state index in [1.165, 1.54) is 7.11 Å². The van der Waals surface area contributed by atoms with Crippen LogP contribution in [0, 0.1) is 0 Å². The number of aromatic nitrogens is 1. The summed E-state index contributed by atoms with van der Waals surface area (Å²) in [4.78, 5) is 20.5. The molecule has 1 aromatic carbocycles. The largest absolute Gasteiger partial charge is 0.497 e. The van der Waals surface area contributed by atoms with Crippen molar-refractivity contribution in [2.75, 3.05) is 14.2 Å². The van der Waals surface area contributed by atoms with E-state index in [-0.39, 0.29) is 0 Å². The maximum absolute atomic E-state index is 12.0. The molecule has 0 radical (unpaired) electrons. The van der Waals surface area contributed by atoms with Crippen molar-refractivity contribution < 1.29 is 19.0 Å². The molecule has 23 heavy (non-hydrogen) atoms. The standard InChI is InChI=1S/C17H16N2O4/c1-21-13-7-5-11(6-8-13)16-19-14(17(20)22-2)15(23-16)12-4-3-9-18-10-12/h3-10,14-15H,1-2H3/t14-,15+/m0/s1. The van der Waals surface area contributed by atoms with Gasteiger partial charge in [0.05, 0.1) is 14.2 Å². The van der Waals surface area contributed by atoms with E-state index in [1.54, 1.807) is 25.6 Å². The summed E-state index contributed by atoms with van der Waals surface area (Å²) < 4.78 is 15.9. The number of esters is 1. The maximum atomic E-state index is 12.0. The average molecular weight is 312 g/mol. The summed E-state index contributed by atoms with van der Waals surface area (Å²) in [5, 5.41) is 0. The smallest absolute Gasteiger partial charge is 0.335 e. The molecule has 0 N–H and O–H groups in total. The molecule has 0 aliphatic carbocycles. The van der Waals surface area contributed by atoms with Gasteiger partial charge in [-0.25, -0.2) is 9.79 Å². The van der Waals surface area contributed by atoms with Crippen molar-refractivity contribution in [1.82, 2.24) is 4.98 Å². The molecule has 2 heterocycles. The van der Waals surface area contributed by atoms with Crippen molar-refractivity contribution in [3.05, 3.63) is 59.9 Å². The lowest BCUT2D eigenvalue weighted by Gasteiger charge is -2.16. The number of nitrogens with zero attached hydrogens (tertiary/aromatic N) is 2. The minimum Gasteiger partial charge on any atom is -0.497 e. The molecule has 2 aromatic rings. The summed E-state index contributed by atoms with van der Waals surface area (Å²) in [6.07, 6.45) is 2.78.